The Bertz CT molecular complexity index is 432. The van der Waals surface area contributed by atoms with E-state index in [2.05, 4.69) is 15.2 Å². The van der Waals surface area contributed by atoms with E-state index in [9.17, 15) is 0 Å². The Kier molecular flexibility index (Phi) is 2.58. The molecule has 0 aromatic carbocycles. The lowest BCUT2D eigenvalue weighted by Crippen LogP contribution is -2.03. The van der Waals surface area contributed by atoms with Crippen LogP contribution in [-0.4, -0.2) is 15.2 Å². The highest BCUT2D eigenvalue weighted by Gasteiger charge is 2.11. The van der Waals surface area contributed by atoms with E-state index in [1.165, 1.54) is 11.3 Å². The Hall–Kier alpha value is -0.850. The molecule has 0 aliphatic heterocycles. The lowest BCUT2D eigenvalue weighted by Gasteiger charge is -1.93. The van der Waals surface area contributed by atoms with Gasteiger partial charge in [-0.15, -0.1) is 21.5 Å². The molecule has 14 heavy (non-hydrogen) atoms. The molecule has 0 radical (unpaired) electrons. The molecule has 0 bridgehead atoms. The van der Waals surface area contributed by atoms with E-state index in [-0.39, 0.29) is 6.04 Å². The fraction of sp³-hybridized carbons (Fsp3) is 0.375. The maximum absolute atomic E-state index is 5.71. The molecule has 0 aliphatic rings. The van der Waals surface area contributed by atoms with Crippen LogP contribution < -0.4 is 5.73 Å². The van der Waals surface area contributed by atoms with Gasteiger partial charge in [0.05, 0.1) is 15.9 Å². The fourth-order valence-corrected chi connectivity index (χ4v) is 2.59. The highest BCUT2D eigenvalue weighted by atomic mass is 32.1. The molecule has 2 aromatic heterocycles. The maximum Gasteiger partial charge on any atom is 0.159 e. The summed E-state index contributed by atoms with van der Waals surface area (Å²) in [6, 6.07) is -0.0460. The van der Waals surface area contributed by atoms with Crippen molar-refractivity contribution in [1.29, 1.82) is 0 Å². The molecule has 0 spiro atoms. The molecule has 4 nitrogen and oxygen atoms in total. The summed E-state index contributed by atoms with van der Waals surface area (Å²) in [5.41, 5.74) is 5.71. The Morgan fingerprint density at radius 2 is 2.14 bits per heavy atom. The van der Waals surface area contributed by atoms with Crippen molar-refractivity contribution >= 4 is 22.7 Å². The van der Waals surface area contributed by atoms with Crippen LogP contribution in [-0.2, 0) is 0 Å². The van der Waals surface area contributed by atoms with Crippen molar-refractivity contribution in [2.75, 3.05) is 0 Å². The van der Waals surface area contributed by atoms with Crippen LogP contribution in [0.3, 0.4) is 0 Å². The van der Waals surface area contributed by atoms with Gasteiger partial charge in [-0.2, -0.15) is 0 Å². The number of rotatable bonds is 2. The predicted octanol–water partition coefficient (Wildman–Crippen LogP) is 1.99. The number of aryl methyl sites for hydroxylation is 1. The summed E-state index contributed by atoms with van der Waals surface area (Å²) < 4.78 is 0. The number of hydrogen-bond acceptors (Lipinski definition) is 6. The first kappa shape index (κ1) is 9.70. The third-order valence-corrected chi connectivity index (χ3v) is 3.87. The minimum Gasteiger partial charge on any atom is -0.322 e. The summed E-state index contributed by atoms with van der Waals surface area (Å²) in [6.45, 7) is 3.88. The summed E-state index contributed by atoms with van der Waals surface area (Å²) in [5, 5.41) is 10.9. The quantitative estimate of drug-likeness (QED) is 0.850. The average Bonchev–Trinajstić information content (AvgIpc) is 2.70. The highest BCUT2D eigenvalue weighted by Crippen LogP contribution is 2.29. The van der Waals surface area contributed by atoms with Crippen molar-refractivity contribution < 1.29 is 0 Å². The minimum atomic E-state index is -0.0460. The molecule has 6 heteroatoms. The van der Waals surface area contributed by atoms with E-state index < -0.39 is 0 Å². The molecule has 74 valence electrons. The molecule has 2 N–H and O–H groups in total. The van der Waals surface area contributed by atoms with E-state index >= 15 is 0 Å². The molecular weight excluding hydrogens is 216 g/mol. The molecule has 0 saturated carbocycles. The second-order valence-corrected chi connectivity index (χ2v) is 5.22. The van der Waals surface area contributed by atoms with Gasteiger partial charge in [0.15, 0.2) is 5.01 Å². The van der Waals surface area contributed by atoms with Gasteiger partial charge >= 0.3 is 0 Å². The van der Waals surface area contributed by atoms with Gasteiger partial charge in [0, 0.05) is 6.20 Å². The standard InChI is InChI=1S/C8H10N4S2/c1-4(9)7-11-12-8(14-7)6-3-10-5(2)13-6/h3-4H,9H2,1-2H3. The summed E-state index contributed by atoms with van der Waals surface area (Å²) in [6.07, 6.45) is 1.82. The van der Waals surface area contributed by atoms with Gasteiger partial charge in [-0.3, -0.25) is 0 Å². The third kappa shape index (κ3) is 1.82. The van der Waals surface area contributed by atoms with Gasteiger partial charge in [0.1, 0.15) is 5.01 Å². The SMILES string of the molecule is Cc1ncc(-c2nnc(C(C)N)s2)s1. The van der Waals surface area contributed by atoms with E-state index in [0.29, 0.717) is 0 Å². The van der Waals surface area contributed by atoms with Crippen molar-refractivity contribution in [3.63, 3.8) is 0 Å². The highest BCUT2D eigenvalue weighted by molar-refractivity contribution is 7.21. The van der Waals surface area contributed by atoms with Crippen LogP contribution in [0.25, 0.3) is 9.88 Å². The molecule has 0 aliphatic carbocycles. The molecule has 1 unspecified atom stereocenters. The van der Waals surface area contributed by atoms with Crippen LogP contribution in [0.2, 0.25) is 0 Å². The number of nitrogens with two attached hydrogens (primary N) is 1. The molecule has 1 atom stereocenters. The van der Waals surface area contributed by atoms with Gasteiger partial charge in [-0.05, 0) is 13.8 Å². The maximum atomic E-state index is 5.71. The van der Waals surface area contributed by atoms with Crippen molar-refractivity contribution in [1.82, 2.24) is 15.2 Å². The fourth-order valence-electron chi connectivity index (χ4n) is 0.978. The van der Waals surface area contributed by atoms with Crippen molar-refractivity contribution in [2.24, 2.45) is 5.73 Å². The summed E-state index contributed by atoms with van der Waals surface area (Å²) in [4.78, 5) is 5.24. The van der Waals surface area contributed by atoms with E-state index in [1.54, 1.807) is 11.3 Å². The number of nitrogens with zero attached hydrogens (tertiary/aromatic N) is 3. The molecule has 2 aromatic rings. The molecule has 2 heterocycles. The van der Waals surface area contributed by atoms with Gasteiger partial charge in [-0.25, -0.2) is 4.98 Å². The van der Waals surface area contributed by atoms with Crippen LogP contribution in [0, 0.1) is 6.92 Å². The zero-order valence-corrected chi connectivity index (χ0v) is 9.52. The Labute approximate surface area is 89.8 Å². The van der Waals surface area contributed by atoms with Gasteiger partial charge in [0.2, 0.25) is 0 Å². The average molecular weight is 226 g/mol. The zero-order chi connectivity index (χ0) is 10.1. The van der Waals surface area contributed by atoms with Crippen LogP contribution in [0.1, 0.15) is 23.0 Å². The Balaban J connectivity index is 2.33. The zero-order valence-electron chi connectivity index (χ0n) is 7.89. The van der Waals surface area contributed by atoms with E-state index in [4.69, 9.17) is 5.73 Å². The van der Waals surface area contributed by atoms with Gasteiger partial charge in [0.25, 0.3) is 0 Å². The summed E-state index contributed by atoms with van der Waals surface area (Å²) in [7, 11) is 0. The normalized spacial score (nSPS) is 13.1. The van der Waals surface area contributed by atoms with Crippen molar-refractivity contribution in [3.05, 3.63) is 16.2 Å². The second kappa shape index (κ2) is 3.72. The summed E-state index contributed by atoms with van der Waals surface area (Å²) >= 11 is 3.15. The van der Waals surface area contributed by atoms with Crippen molar-refractivity contribution in [3.8, 4) is 9.88 Å². The molecule has 2 rings (SSSR count). The lowest BCUT2D eigenvalue weighted by atomic mass is 10.4. The first-order valence-corrected chi connectivity index (χ1v) is 5.82. The van der Waals surface area contributed by atoms with Gasteiger partial charge in [-0.1, -0.05) is 11.3 Å². The smallest absolute Gasteiger partial charge is 0.159 e. The first-order chi connectivity index (χ1) is 6.66. The lowest BCUT2D eigenvalue weighted by molar-refractivity contribution is 0.786. The molecular formula is C8H10N4S2. The number of hydrogen-bond donors (Lipinski definition) is 1. The van der Waals surface area contributed by atoms with E-state index in [0.717, 1.165) is 19.9 Å². The Morgan fingerprint density at radius 3 is 2.64 bits per heavy atom. The second-order valence-electron chi connectivity index (χ2n) is 2.98. The topological polar surface area (TPSA) is 64.7 Å². The third-order valence-electron chi connectivity index (χ3n) is 1.66. The number of thiazole rings is 1. The molecule has 0 saturated heterocycles. The number of aromatic nitrogens is 3. The first-order valence-electron chi connectivity index (χ1n) is 4.18. The molecule has 0 fully saturated rings. The van der Waals surface area contributed by atoms with Crippen LogP contribution in [0.15, 0.2) is 6.20 Å². The van der Waals surface area contributed by atoms with E-state index in [1.807, 2.05) is 20.0 Å². The minimum absolute atomic E-state index is 0.0460. The largest absolute Gasteiger partial charge is 0.322 e. The molecule has 0 amide bonds. The van der Waals surface area contributed by atoms with Crippen molar-refractivity contribution in [2.45, 2.75) is 19.9 Å². The summed E-state index contributed by atoms with van der Waals surface area (Å²) in [5.74, 6) is 0. The van der Waals surface area contributed by atoms with Crippen LogP contribution in [0.5, 0.6) is 0 Å². The Morgan fingerprint density at radius 1 is 1.36 bits per heavy atom. The van der Waals surface area contributed by atoms with Crippen LogP contribution >= 0.6 is 22.7 Å². The monoisotopic (exact) mass is 226 g/mol. The predicted molar refractivity (Wildman–Crippen MR) is 58.4 cm³/mol. The van der Waals surface area contributed by atoms with Crippen LogP contribution in [0.4, 0.5) is 0 Å². The van der Waals surface area contributed by atoms with Gasteiger partial charge < -0.3 is 5.73 Å².